The zero-order valence-corrected chi connectivity index (χ0v) is 7.77. The molecule has 0 radical (unpaired) electrons. The molecule has 2 rings (SSSR count). The summed E-state index contributed by atoms with van der Waals surface area (Å²) >= 11 is 0. The number of anilines is 2. The number of H-pyrrole nitrogens is 1. The normalized spacial score (nSPS) is 9.87. The van der Waals surface area contributed by atoms with E-state index in [9.17, 15) is 4.79 Å². The van der Waals surface area contributed by atoms with Crippen molar-refractivity contribution in [3.8, 4) is 0 Å². The van der Waals surface area contributed by atoms with Crippen molar-refractivity contribution >= 4 is 17.5 Å². The van der Waals surface area contributed by atoms with Gasteiger partial charge in [-0.2, -0.15) is 0 Å². The Kier molecular flexibility index (Phi) is 2.32. The summed E-state index contributed by atoms with van der Waals surface area (Å²) in [5, 5.41) is 2.52. The first-order valence-corrected chi connectivity index (χ1v) is 4.28. The maximum atomic E-state index is 11.5. The van der Waals surface area contributed by atoms with Gasteiger partial charge in [0.1, 0.15) is 5.69 Å². The first kappa shape index (κ1) is 9.20. The molecule has 4 N–H and O–H groups in total. The van der Waals surface area contributed by atoms with Crippen molar-refractivity contribution in [1.29, 1.82) is 0 Å². The SMILES string of the molecule is Nc1c[nH]c(C(=O)Nc2ncccn2)c1. The van der Waals surface area contributed by atoms with Gasteiger partial charge in [-0.3, -0.25) is 10.1 Å². The Labute approximate surface area is 85.6 Å². The first-order chi connectivity index (χ1) is 7.25. The lowest BCUT2D eigenvalue weighted by Gasteiger charge is -1.99. The number of aromatic nitrogens is 3. The van der Waals surface area contributed by atoms with E-state index >= 15 is 0 Å². The highest BCUT2D eigenvalue weighted by atomic mass is 16.2. The Morgan fingerprint density at radius 2 is 2.13 bits per heavy atom. The average molecular weight is 203 g/mol. The number of hydrogen-bond donors (Lipinski definition) is 3. The molecule has 0 atom stereocenters. The molecule has 2 aromatic heterocycles. The van der Waals surface area contributed by atoms with Crippen molar-refractivity contribution in [2.75, 3.05) is 11.1 Å². The topological polar surface area (TPSA) is 96.7 Å². The minimum atomic E-state index is -0.321. The van der Waals surface area contributed by atoms with Crippen molar-refractivity contribution in [1.82, 2.24) is 15.0 Å². The number of carbonyl (C=O) groups is 1. The van der Waals surface area contributed by atoms with Crippen LogP contribution in [-0.4, -0.2) is 20.9 Å². The van der Waals surface area contributed by atoms with Crippen LogP contribution in [0.3, 0.4) is 0 Å². The molecule has 1 amide bonds. The van der Waals surface area contributed by atoms with Crippen LogP contribution in [0.5, 0.6) is 0 Å². The van der Waals surface area contributed by atoms with Crippen molar-refractivity contribution < 1.29 is 4.79 Å². The fourth-order valence-electron chi connectivity index (χ4n) is 1.07. The van der Waals surface area contributed by atoms with E-state index < -0.39 is 0 Å². The molecule has 0 saturated heterocycles. The van der Waals surface area contributed by atoms with Gasteiger partial charge in [0.25, 0.3) is 5.91 Å². The third-order valence-corrected chi connectivity index (χ3v) is 1.74. The van der Waals surface area contributed by atoms with Crippen LogP contribution in [0.1, 0.15) is 10.5 Å². The molecule has 0 aliphatic rings. The van der Waals surface area contributed by atoms with Gasteiger partial charge < -0.3 is 10.7 Å². The second-order valence-electron chi connectivity index (χ2n) is 2.87. The van der Waals surface area contributed by atoms with Crippen molar-refractivity contribution in [3.63, 3.8) is 0 Å². The van der Waals surface area contributed by atoms with Crippen LogP contribution in [0.4, 0.5) is 11.6 Å². The predicted molar refractivity (Wildman–Crippen MR) is 55.2 cm³/mol. The van der Waals surface area contributed by atoms with Gasteiger partial charge in [-0.15, -0.1) is 0 Å². The van der Waals surface area contributed by atoms with E-state index in [-0.39, 0.29) is 11.9 Å². The lowest BCUT2D eigenvalue weighted by molar-refractivity contribution is 0.102. The standard InChI is InChI=1S/C9H9N5O/c10-6-4-7(13-5-6)8(15)14-9-11-2-1-3-12-9/h1-5,13H,10H2,(H,11,12,14,15). The lowest BCUT2D eigenvalue weighted by atomic mass is 10.4. The van der Waals surface area contributed by atoms with Gasteiger partial charge in [-0.1, -0.05) is 0 Å². The Morgan fingerprint density at radius 1 is 1.40 bits per heavy atom. The minimum absolute atomic E-state index is 0.260. The number of rotatable bonds is 2. The van der Waals surface area contributed by atoms with Gasteiger partial charge in [0.05, 0.1) is 0 Å². The van der Waals surface area contributed by atoms with Gasteiger partial charge in [-0.25, -0.2) is 9.97 Å². The molecule has 0 unspecified atom stereocenters. The zero-order valence-electron chi connectivity index (χ0n) is 7.77. The molecular formula is C9H9N5O. The van der Waals surface area contributed by atoms with Crippen molar-refractivity contribution in [3.05, 3.63) is 36.4 Å². The highest BCUT2D eigenvalue weighted by Gasteiger charge is 2.08. The molecule has 6 heteroatoms. The van der Waals surface area contributed by atoms with Gasteiger partial charge in [-0.05, 0) is 12.1 Å². The summed E-state index contributed by atoms with van der Waals surface area (Å²) in [5.74, 6) is -0.0615. The Balaban J connectivity index is 2.11. The summed E-state index contributed by atoms with van der Waals surface area (Å²) in [6.07, 6.45) is 4.64. The lowest BCUT2D eigenvalue weighted by Crippen LogP contribution is -2.14. The second kappa shape index (κ2) is 3.79. The fraction of sp³-hybridized carbons (Fsp3) is 0. The molecule has 0 aliphatic carbocycles. The highest BCUT2D eigenvalue weighted by Crippen LogP contribution is 2.06. The molecule has 0 saturated carbocycles. The Bertz CT molecular complexity index is 464. The van der Waals surface area contributed by atoms with Crippen LogP contribution in [0, 0.1) is 0 Å². The number of hydrogen-bond acceptors (Lipinski definition) is 4. The summed E-state index contributed by atoms with van der Waals surface area (Å²) in [6, 6.07) is 3.21. The second-order valence-corrected chi connectivity index (χ2v) is 2.87. The van der Waals surface area contributed by atoms with Crippen LogP contribution < -0.4 is 11.1 Å². The molecule has 0 spiro atoms. The maximum Gasteiger partial charge on any atom is 0.274 e. The number of nitrogens with one attached hydrogen (secondary N) is 2. The van der Waals surface area contributed by atoms with Gasteiger partial charge in [0, 0.05) is 24.3 Å². The van der Waals surface area contributed by atoms with Crippen LogP contribution in [0.2, 0.25) is 0 Å². The van der Waals surface area contributed by atoms with Gasteiger partial charge in [0.2, 0.25) is 5.95 Å². The number of nitrogen functional groups attached to an aromatic ring is 1. The summed E-state index contributed by atoms with van der Waals surface area (Å²) in [7, 11) is 0. The molecule has 2 aromatic rings. The molecular weight excluding hydrogens is 194 g/mol. The van der Waals surface area contributed by atoms with E-state index in [4.69, 9.17) is 5.73 Å². The molecule has 0 aliphatic heterocycles. The Hall–Kier alpha value is -2.37. The van der Waals surface area contributed by atoms with Crippen LogP contribution in [-0.2, 0) is 0 Å². The molecule has 6 nitrogen and oxygen atoms in total. The number of amides is 1. The number of carbonyl (C=O) groups excluding carboxylic acids is 1. The third kappa shape index (κ3) is 2.11. The molecule has 15 heavy (non-hydrogen) atoms. The van der Waals surface area contributed by atoms with E-state index in [1.165, 1.54) is 6.07 Å². The van der Waals surface area contributed by atoms with E-state index in [1.807, 2.05) is 0 Å². The summed E-state index contributed by atoms with van der Waals surface area (Å²) in [4.78, 5) is 22.0. The zero-order chi connectivity index (χ0) is 10.7. The molecule has 0 fully saturated rings. The van der Waals surface area contributed by atoms with Gasteiger partial charge >= 0.3 is 0 Å². The van der Waals surface area contributed by atoms with E-state index in [0.717, 1.165) is 0 Å². The first-order valence-electron chi connectivity index (χ1n) is 4.28. The minimum Gasteiger partial charge on any atom is -0.397 e. The smallest absolute Gasteiger partial charge is 0.274 e. The summed E-state index contributed by atoms with van der Waals surface area (Å²) in [5.41, 5.74) is 6.35. The fourth-order valence-corrected chi connectivity index (χ4v) is 1.07. The molecule has 2 heterocycles. The third-order valence-electron chi connectivity index (χ3n) is 1.74. The summed E-state index contributed by atoms with van der Waals surface area (Å²) in [6.45, 7) is 0. The maximum absolute atomic E-state index is 11.5. The van der Waals surface area contributed by atoms with E-state index in [0.29, 0.717) is 11.4 Å². The molecule has 0 bridgehead atoms. The largest absolute Gasteiger partial charge is 0.397 e. The predicted octanol–water partition coefficient (Wildman–Crippen LogP) is 0.639. The molecule has 0 aromatic carbocycles. The molecule has 76 valence electrons. The van der Waals surface area contributed by atoms with Crippen LogP contribution in [0.25, 0.3) is 0 Å². The summed E-state index contributed by atoms with van der Waals surface area (Å²) < 4.78 is 0. The van der Waals surface area contributed by atoms with E-state index in [1.54, 1.807) is 24.7 Å². The number of nitrogens with zero attached hydrogens (tertiary/aromatic N) is 2. The number of aromatic amines is 1. The number of nitrogens with two attached hydrogens (primary N) is 1. The van der Waals surface area contributed by atoms with Crippen LogP contribution in [0.15, 0.2) is 30.7 Å². The monoisotopic (exact) mass is 203 g/mol. The van der Waals surface area contributed by atoms with Crippen LogP contribution >= 0.6 is 0 Å². The van der Waals surface area contributed by atoms with Gasteiger partial charge in [0.15, 0.2) is 0 Å². The average Bonchev–Trinajstić information content (AvgIpc) is 2.66. The van der Waals surface area contributed by atoms with Crippen molar-refractivity contribution in [2.45, 2.75) is 0 Å². The Morgan fingerprint density at radius 3 is 2.73 bits per heavy atom. The van der Waals surface area contributed by atoms with Crippen molar-refractivity contribution in [2.24, 2.45) is 0 Å². The highest BCUT2D eigenvalue weighted by molar-refractivity contribution is 6.02. The quantitative estimate of drug-likeness (QED) is 0.667. The van der Waals surface area contributed by atoms with E-state index in [2.05, 4.69) is 20.3 Å².